The highest BCUT2D eigenvalue weighted by Gasteiger charge is 2.39. The smallest absolute Gasteiger partial charge is 0.452 e. The first-order valence-electron chi connectivity index (χ1n) is 8.41. The number of fused-ring (bicyclic) bond motifs is 1. The third-order valence-electron chi connectivity index (χ3n) is 4.46. The van der Waals surface area contributed by atoms with Gasteiger partial charge in [-0.15, -0.1) is 13.2 Å². The van der Waals surface area contributed by atoms with Gasteiger partial charge in [-0.05, 0) is 43.5 Å². The van der Waals surface area contributed by atoms with Gasteiger partial charge in [0.2, 0.25) is 0 Å². The molecule has 3 rings (SSSR count). The minimum absolute atomic E-state index is 0.0357. The lowest BCUT2D eigenvalue weighted by Crippen LogP contribution is -2.42. The number of hydrogen-bond donors (Lipinski definition) is 0. The summed E-state index contributed by atoms with van der Waals surface area (Å²) in [5, 5.41) is 0.504. The minimum atomic E-state index is -4.84. The standard InChI is InChI=1S/C18H16ClF3N2O4/c1-27-17(26)24(11-5-7-12(8-6-11)28-18(20,21)22)16(25)14-9-10-3-2-4-13(19)15(10)23-14/h4-8,10,14H,2-3,9H2,1H3. The molecule has 1 aromatic rings. The van der Waals surface area contributed by atoms with Crippen LogP contribution in [0.15, 0.2) is 40.4 Å². The normalized spacial score (nSPS) is 21.3. The van der Waals surface area contributed by atoms with Crippen LogP contribution in [0.25, 0.3) is 0 Å². The van der Waals surface area contributed by atoms with Gasteiger partial charge in [0.1, 0.15) is 11.8 Å². The maximum Gasteiger partial charge on any atom is 0.573 e. The number of hydrogen-bond acceptors (Lipinski definition) is 5. The number of imide groups is 1. The second kappa shape index (κ2) is 7.83. The molecular formula is C18H16ClF3N2O4. The van der Waals surface area contributed by atoms with E-state index in [0.717, 1.165) is 49.1 Å². The number of halogens is 4. The molecule has 0 aromatic heterocycles. The quantitative estimate of drug-likeness (QED) is 0.731. The van der Waals surface area contributed by atoms with Crippen LogP contribution in [0.1, 0.15) is 19.3 Å². The molecular weight excluding hydrogens is 401 g/mol. The van der Waals surface area contributed by atoms with Gasteiger partial charge in [-0.25, -0.2) is 9.69 Å². The number of carbonyl (C=O) groups excluding carboxylic acids is 2. The lowest BCUT2D eigenvalue weighted by molar-refractivity contribution is -0.274. The van der Waals surface area contributed by atoms with Crippen molar-refractivity contribution in [1.82, 2.24) is 0 Å². The number of carbonyl (C=O) groups is 2. The van der Waals surface area contributed by atoms with Gasteiger partial charge in [-0.1, -0.05) is 17.7 Å². The summed E-state index contributed by atoms with van der Waals surface area (Å²) in [6.07, 6.45) is -1.98. The van der Waals surface area contributed by atoms with Crippen LogP contribution in [0.4, 0.5) is 23.7 Å². The molecule has 2 amide bonds. The van der Waals surface area contributed by atoms with E-state index in [2.05, 4.69) is 14.5 Å². The Morgan fingerprint density at radius 2 is 1.93 bits per heavy atom. The molecule has 10 heteroatoms. The Kier molecular flexibility index (Phi) is 5.64. The Morgan fingerprint density at radius 1 is 1.25 bits per heavy atom. The average Bonchev–Trinajstić information content (AvgIpc) is 3.07. The predicted octanol–water partition coefficient (Wildman–Crippen LogP) is 4.43. The summed E-state index contributed by atoms with van der Waals surface area (Å²) >= 11 is 6.15. The Labute approximate surface area is 163 Å². The van der Waals surface area contributed by atoms with Crippen LogP contribution in [0.3, 0.4) is 0 Å². The summed E-state index contributed by atoms with van der Waals surface area (Å²) in [7, 11) is 1.10. The summed E-state index contributed by atoms with van der Waals surface area (Å²) in [4.78, 5) is 30.3. The van der Waals surface area contributed by atoms with E-state index in [1.807, 2.05) is 6.08 Å². The number of allylic oxidation sites excluding steroid dienone is 2. The Balaban J connectivity index is 1.84. The van der Waals surface area contributed by atoms with E-state index in [-0.39, 0.29) is 11.6 Å². The van der Waals surface area contributed by atoms with E-state index in [4.69, 9.17) is 11.6 Å². The number of rotatable bonds is 3. The highest BCUT2D eigenvalue weighted by molar-refractivity contribution is 6.44. The molecule has 1 aliphatic carbocycles. The van der Waals surface area contributed by atoms with Crippen molar-refractivity contribution in [2.45, 2.75) is 31.7 Å². The van der Waals surface area contributed by atoms with Crippen molar-refractivity contribution in [1.29, 1.82) is 0 Å². The molecule has 0 N–H and O–H groups in total. The van der Waals surface area contributed by atoms with Gasteiger partial charge >= 0.3 is 12.5 Å². The van der Waals surface area contributed by atoms with Gasteiger partial charge < -0.3 is 9.47 Å². The molecule has 2 aliphatic rings. The third kappa shape index (κ3) is 4.30. The molecule has 0 fully saturated rings. The lowest BCUT2D eigenvalue weighted by atomic mass is 9.90. The van der Waals surface area contributed by atoms with E-state index in [0.29, 0.717) is 17.2 Å². The van der Waals surface area contributed by atoms with Gasteiger partial charge in [-0.3, -0.25) is 9.79 Å². The molecule has 28 heavy (non-hydrogen) atoms. The lowest BCUT2D eigenvalue weighted by Gasteiger charge is -2.22. The third-order valence-corrected chi connectivity index (χ3v) is 4.81. The summed E-state index contributed by atoms with van der Waals surface area (Å²) in [5.74, 6) is -1.08. The van der Waals surface area contributed by atoms with Crippen molar-refractivity contribution in [2.24, 2.45) is 10.9 Å². The maximum atomic E-state index is 13.0. The van der Waals surface area contributed by atoms with E-state index in [1.54, 1.807) is 0 Å². The van der Waals surface area contributed by atoms with E-state index in [1.165, 1.54) is 0 Å². The van der Waals surface area contributed by atoms with Crippen molar-refractivity contribution < 1.29 is 32.2 Å². The summed E-state index contributed by atoms with van der Waals surface area (Å²) in [5.41, 5.74) is 0.688. The average molecular weight is 417 g/mol. The largest absolute Gasteiger partial charge is 0.573 e. The van der Waals surface area contributed by atoms with Crippen LogP contribution >= 0.6 is 11.6 Å². The molecule has 1 heterocycles. The van der Waals surface area contributed by atoms with Gasteiger partial charge in [0, 0.05) is 5.92 Å². The SMILES string of the molecule is COC(=O)N(C(=O)C1CC2CCC=C(Cl)C2=N1)c1ccc(OC(F)(F)F)cc1. The fourth-order valence-electron chi connectivity index (χ4n) is 3.25. The molecule has 0 spiro atoms. The molecule has 0 bridgehead atoms. The first kappa shape index (κ1) is 20.2. The molecule has 150 valence electrons. The topological polar surface area (TPSA) is 68.2 Å². The van der Waals surface area contributed by atoms with Crippen LogP contribution in [0, 0.1) is 5.92 Å². The van der Waals surface area contributed by atoms with Crippen molar-refractivity contribution in [3.05, 3.63) is 35.4 Å². The number of amides is 2. The molecule has 2 atom stereocenters. The molecule has 6 nitrogen and oxygen atoms in total. The fourth-order valence-corrected chi connectivity index (χ4v) is 3.56. The van der Waals surface area contributed by atoms with Crippen LogP contribution < -0.4 is 9.64 Å². The number of benzene rings is 1. The predicted molar refractivity (Wildman–Crippen MR) is 95.5 cm³/mol. The van der Waals surface area contributed by atoms with Crippen LogP contribution in [-0.4, -0.2) is 37.2 Å². The second-order valence-electron chi connectivity index (χ2n) is 6.28. The monoisotopic (exact) mass is 416 g/mol. The first-order valence-corrected chi connectivity index (χ1v) is 8.79. The molecule has 1 aliphatic heterocycles. The van der Waals surface area contributed by atoms with Crippen molar-refractivity contribution >= 4 is 35.0 Å². The van der Waals surface area contributed by atoms with Crippen LogP contribution in [-0.2, 0) is 9.53 Å². The van der Waals surface area contributed by atoms with E-state index in [9.17, 15) is 22.8 Å². The molecule has 0 saturated heterocycles. The molecule has 2 unspecified atom stereocenters. The minimum Gasteiger partial charge on any atom is -0.452 e. The highest BCUT2D eigenvalue weighted by Crippen LogP contribution is 2.35. The highest BCUT2D eigenvalue weighted by atomic mass is 35.5. The Morgan fingerprint density at radius 3 is 2.50 bits per heavy atom. The van der Waals surface area contributed by atoms with Crippen molar-refractivity contribution in [2.75, 3.05) is 12.0 Å². The summed E-state index contributed by atoms with van der Waals surface area (Å²) in [6.45, 7) is 0. The van der Waals surface area contributed by atoms with Gasteiger partial charge in [0.15, 0.2) is 0 Å². The number of methoxy groups -OCH3 is 1. The van der Waals surface area contributed by atoms with Gasteiger partial charge in [-0.2, -0.15) is 0 Å². The second-order valence-corrected chi connectivity index (χ2v) is 6.68. The summed E-state index contributed by atoms with van der Waals surface area (Å²) < 4.78 is 45.4. The number of aliphatic imine (C=N–C) groups is 1. The zero-order valence-electron chi connectivity index (χ0n) is 14.7. The van der Waals surface area contributed by atoms with Gasteiger partial charge in [0.05, 0.1) is 23.5 Å². The zero-order chi connectivity index (χ0) is 20.5. The number of nitrogens with zero attached hydrogens (tertiary/aromatic N) is 2. The van der Waals surface area contributed by atoms with E-state index < -0.39 is 30.2 Å². The number of alkyl halides is 3. The summed E-state index contributed by atoms with van der Waals surface area (Å²) in [6, 6.07) is 3.51. The van der Waals surface area contributed by atoms with E-state index >= 15 is 0 Å². The fraction of sp³-hybridized carbons (Fsp3) is 0.389. The zero-order valence-corrected chi connectivity index (χ0v) is 15.5. The van der Waals surface area contributed by atoms with Crippen molar-refractivity contribution in [3.8, 4) is 5.75 Å². The molecule has 0 radical (unpaired) electrons. The number of anilines is 1. The molecule has 0 saturated carbocycles. The van der Waals surface area contributed by atoms with Crippen molar-refractivity contribution in [3.63, 3.8) is 0 Å². The van der Waals surface area contributed by atoms with Gasteiger partial charge in [0.25, 0.3) is 5.91 Å². The van der Waals surface area contributed by atoms with Crippen LogP contribution in [0.2, 0.25) is 0 Å². The Hall–Kier alpha value is -2.55. The maximum absolute atomic E-state index is 13.0. The number of ether oxygens (including phenoxy) is 2. The first-order chi connectivity index (χ1) is 13.2. The molecule has 1 aromatic carbocycles. The van der Waals surface area contributed by atoms with Crippen LogP contribution in [0.5, 0.6) is 5.75 Å². The Bertz CT molecular complexity index is 836.